The molecule has 0 spiro atoms. The maximum atomic E-state index is 12.3. The summed E-state index contributed by atoms with van der Waals surface area (Å²) in [6.07, 6.45) is 3.61. The third kappa shape index (κ3) is 3.96. The number of carboxylic acid groups (broad SMARTS) is 1. The molecule has 2 atom stereocenters. The number of amides is 1. The SMILES string of the molecule is Cc1cccc(C(=O)NCC2CCCCC2C(=O)O)c1I. The van der Waals surface area contributed by atoms with Crippen molar-refractivity contribution in [3.8, 4) is 0 Å². The summed E-state index contributed by atoms with van der Waals surface area (Å²) >= 11 is 2.17. The molecular weight excluding hydrogens is 381 g/mol. The van der Waals surface area contributed by atoms with Gasteiger partial charge in [-0.1, -0.05) is 25.0 Å². The predicted octanol–water partition coefficient (Wildman–Crippen LogP) is 3.22. The molecule has 2 unspecified atom stereocenters. The molecule has 1 aliphatic carbocycles. The van der Waals surface area contributed by atoms with Crippen LogP contribution in [0.25, 0.3) is 0 Å². The fourth-order valence-electron chi connectivity index (χ4n) is 2.92. The summed E-state index contributed by atoms with van der Waals surface area (Å²) < 4.78 is 0.950. The normalized spacial score (nSPS) is 21.8. The van der Waals surface area contributed by atoms with Crippen LogP contribution in [-0.2, 0) is 4.79 Å². The lowest BCUT2D eigenvalue weighted by Gasteiger charge is -2.28. The van der Waals surface area contributed by atoms with Crippen molar-refractivity contribution in [3.63, 3.8) is 0 Å². The van der Waals surface area contributed by atoms with E-state index in [-0.39, 0.29) is 17.7 Å². The van der Waals surface area contributed by atoms with Crippen molar-refractivity contribution in [1.29, 1.82) is 0 Å². The number of carbonyl (C=O) groups excluding carboxylic acids is 1. The molecule has 0 saturated heterocycles. The van der Waals surface area contributed by atoms with E-state index in [1.165, 1.54) is 0 Å². The molecule has 0 heterocycles. The van der Waals surface area contributed by atoms with Gasteiger partial charge in [0, 0.05) is 10.1 Å². The lowest BCUT2D eigenvalue weighted by molar-refractivity contribution is -0.144. The molecule has 1 fully saturated rings. The number of hydrogen-bond donors (Lipinski definition) is 2. The summed E-state index contributed by atoms with van der Waals surface area (Å²) in [7, 11) is 0. The maximum Gasteiger partial charge on any atom is 0.306 e. The van der Waals surface area contributed by atoms with Gasteiger partial charge in [0.25, 0.3) is 5.91 Å². The van der Waals surface area contributed by atoms with Crippen LogP contribution in [0.3, 0.4) is 0 Å². The maximum absolute atomic E-state index is 12.3. The average Bonchev–Trinajstić information content (AvgIpc) is 2.47. The number of nitrogens with one attached hydrogen (secondary N) is 1. The highest BCUT2D eigenvalue weighted by atomic mass is 127. The third-order valence-electron chi connectivity index (χ3n) is 4.19. The van der Waals surface area contributed by atoms with E-state index < -0.39 is 5.97 Å². The predicted molar refractivity (Wildman–Crippen MR) is 89.3 cm³/mol. The van der Waals surface area contributed by atoms with E-state index in [9.17, 15) is 14.7 Å². The molecule has 21 heavy (non-hydrogen) atoms. The molecule has 1 aliphatic rings. The van der Waals surface area contributed by atoms with E-state index in [4.69, 9.17) is 0 Å². The molecule has 0 aromatic heterocycles. The highest BCUT2D eigenvalue weighted by Crippen LogP contribution is 2.29. The van der Waals surface area contributed by atoms with Gasteiger partial charge in [0.2, 0.25) is 0 Å². The molecule has 1 aromatic carbocycles. The van der Waals surface area contributed by atoms with Gasteiger partial charge in [-0.2, -0.15) is 0 Å². The minimum atomic E-state index is -0.737. The third-order valence-corrected chi connectivity index (χ3v) is 5.62. The largest absolute Gasteiger partial charge is 0.481 e. The van der Waals surface area contributed by atoms with E-state index in [2.05, 4.69) is 27.9 Å². The van der Waals surface area contributed by atoms with Gasteiger partial charge in [-0.25, -0.2) is 0 Å². The average molecular weight is 401 g/mol. The summed E-state index contributed by atoms with van der Waals surface area (Å²) in [4.78, 5) is 23.5. The number of benzene rings is 1. The van der Waals surface area contributed by atoms with Crippen LogP contribution >= 0.6 is 22.6 Å². The number of aliphatic carboxylic acids is 1. The highest BCUT2D eigenvalue weighted by Gasteiger charge is 2.30. The van der Waals surface area contributed by atoms with Gasteiger partial charge >= 0.3 is 5.97 Å². The summed E-state index contributed by atoms with van der Waals surface area (Å²) in [5.41, 5.74) is 1.74. The van der Waals surface area contributed by atoms with Crippen LogP contribution in [0.1, 0.15) is 41.6 Å². The van der Waals surface area contributed by atoms with Crippen molar-refractivity contribution in [3.05, 3.63) is 32.9 Å². The number of halogens is 1. The van der Waals surface area contributed by atoms with E-state index in [0.717, 1.165) is 34.8 Å². The monoisotopic (exact) mass is 401 g/mol. The summed E-state index contributed by atoms with van der Waals surface area (Å²) in [6, 6.07) is 5.65. The number of hydrogen-bond acceptors (Lipinski definition) is 2. The Balaban J connectivity index is 2.00. The van der Waals surface area contributed by atoms with Gasteiger partial charge in [-0.05, 0) is 59.9 Å². The molecule has 1 amide bonds. The molecule has 0 aliphatic heterocycles. The molecule has 4 nitrogen and oxygen atoms in total. The smallest absolute Gasteiger partial charge is 0.306 e. The molecular formula is C16H20INO3. The molecule has 114 valence electrons. The van der Waals surface area contributed by atoms with Crippen molar-refractivity contribution in [2.45, 2.75) is 32.6 Å². The summed E-state index contributed by atoms with van der Waals surface area (Å²) in [5, 5.41) is 12.2. The van der Waals surface area contributed by atoms with Crippen LogP contribution in [0.2, 0.25) is 0 Å². The minimum Gasteiger partial charge on any atom is -0.481 e. The minimum absolute atomic E-state index is 0.0441. The van der Waals surface area contributed by atoms with Crippen LogP contribution < -0.4 is 5.32 Å². The van der Waals surface area contributed by atoms with Crippen molar-refractivity contribution in [2.24, 2.45) is 11.8 Å². The zero-order valence-corrected chi connectivity index (χ0v) is 14.2. The van der Waals surface area contributed by atoms with Crippen LogP contribution in [0.15, 0.2) is 18.2 Å². The Hall–Kier alpha value is -1.11. The second-order valence-corrected chi connectivity index (χ2v) is 6.71. The molecule has 5 heteroatoms. The topological polar surface area (TPSA) is 66.4 Å². The van der Waals surface area contributed by atoms with E-state index in [1.807, 2.05) is 19.1 Å². The lowest BCUT2D eigenvalue weighted by Crippen LogP contribution is -2.37. The molecule has 2 rings (SSSR count). The zero-order chi connectivity index (χ0) is 15.4. The molecule has 0 radical (unpaired) electrons. The van der Waals surface area contributed by atoms with E-state index in [1.54, 1.807) is 6.07 Å². The van der Waals surface area contributed by atoms with Crippen LogP contribution in [-0.4, -0.2) is 23.5 Å². The Bertz CT molecular complexity index is 544. The van der Waals surface area contributed by atoms with Crippen LogP contribution in [0.4, 0.5) is 0 Å². The Morgan fingerprint density at radius 2 is 2.05 bits per heavy atom. The van der Waals surface area contributed by atoms with Gasteiger partial charge in [0.15, 0.2) is 0 Å². The summed E-state index contributed by atoms with van der Waals surface area (Å²) in [6.45, 7) is 2.42. The first kappa shape index (κ1) is 16.3. The Labute approximate surface area is 138 Å². The lowest BCUT2D eigenvalue weighted by atomic mass is 9.79. The van der Waals surface area contributed by atoms with Crippen LogP contribution in [0.5, 0.6) is 0 Å². The van der Waals surface area contributed by atoms with Crippen molar-refractivity contribution in [2.75, 3.05) is 6.54 Å². The Kier molecular flexibility index (Phi) is 5.61. The number of rotatable bonds is 4. The quantitative estimate of drug-likeness (QED) is 0.762. The molecule has 1 aromatic rings. The van der Waals surface area contributed by atoms with Gasteiger partial charge in [-0.15, -0.1) is 0 Å². The van der Waals surface area contributed by atoms with Gasteiger partial charge in [-0.3, -0.25) is 9.59 Å². The molecule has 0 bridgehead atoms. The van der Waals surface area contributed by atoms with E-state index in [0.29, 0.717) is 12.1 Å². The second-order valence-electron chi connectivity index (χ2n) is 5.64. The van der Waals surface area contributed by atoms with Crippen molar-refractivity contribution in [1.82, 2.24) is 5.32 Å². The van der Waals surface area contributed by atoms with Crippen LogP contribution in [0, 0.1) is 22.3 Å². The fraction of sp³-hybridized carbons (Fsp3) is 0.500. The first-order valence-corrected chi connectivity index (χ1v) is 8.34. The van der Waals surface area contributed by atoms with Crippen molar-refractivity contribution < 1.29 is 14.7 Å². The number of carbonyl (C=O) groups is 2. The number of carboxylic acids is 1. The van der Waals surface area contributed by atoms with Crippen molar-refractivity contribution >= 4 is 34.5 Å². The first-order valence-electron chi connectivity index (χ1n) is 7.27. The summed E-state index contributed by atoms with van der Waals surface area (Å²) in [5.74, 6) is -1.13. The Morgan fingerprint density at radius 3 is 2.76 bits per heavy atom. The van der Waals surface area contributed by atoms with E-state index >= 15 is 0 Å². The Morgan fingerprint density at radius 1 is 1.33 bits per heavy atom. The standard InChI is InChI=1S/C16H20INO3/c1-10-5-4-8-13(14(10)17)15(19)18-9-11-6-2-3-7-12(11)16(20)21/h4-5,8,11-12H,2-3,6-7,9H2,1H3,(H,18,19)(H,20,21). The van der Waals surface area contributed by atoms with Gasteiger partial charge in [0.1, 0.15) is 0 Å². The van der Waals surface area contributed by atoms with Gasteiger partial charge < -0.3 is 10.4 Å². The number of aryl methyl sites for hydroxylation is 1. The molecule has 1 saturated carbocycles. The highest BCUT2D eigenvalue weighted by molar-refractivity contribution is 14.1. The van der Waals surface area contributed by atoms with Gasteiger partial charge in [0.05, 0.1) is 11.5 Å². The fourth-order valence-corrected chi connectivity index (χ4v) is 3.52. The second kappa shape index (κ2) is 7.24. The zero-order valence-electron chi connectivity index (χ0n) is 12.1. The first-order chi connectivity index (χ1) is 10.0. The molecule has 2 N–H and O–H groups in total.